The van der Waals surface area contributed by atoms with Gasteiger partial charge in [-0.2, -0.15) is 0 Å². The maximum atomic E-state index is 9.52. The van der Waals surface area contributed by atoms with Crippen molar-refractivity contribution < 1.29 is 10.2 Å². The highest BCUT2D eigenvalue weighted by molar-refractivity contribution is 5.98. The summed E-state index contributed by atoms with van der Waals surface area (Å²) in [6.45, 7) is 12.4. The van der Waals surface area contributed by atoms with E-state index in [9.17, 15) is 10.2 Å². The highest BCUT2D eigenvalue weighted by Gasteiger charge is 2.10. The number of aromatic nitrogens is 1. The first-order valence-corrected chi connectivity index (χ1v) is 19.8. The number of aryl methyl sites for hydroxylation is 2. The Morgan fingerprint density at radius 2 is 0.772 bits per heavy atom. The Morgan fingerprint density at radius 3 is 1.21 bits per heavy atom. The molecule has 286 valence electrons. The third-order valence-electron chi connectivity index (χ3n) is 10.4. The zero-order valence-electron chi connectivity index (χ0n) is 33.9. The Kier molecular flexibility index (Phi) is 13.6. The van der Waals surface area contributed by atoms with E-state index in [4.69, 9.17) is 0 Å². The van der Waals surface area contributed by atoms with E-state index in [0.717, 1.165) is 21.9 Å². The molecule has 0 radical (unpaired) electrons. The normalized spacial score (nSPS) is 11.9. The van der Waals surface area contributed by atoms with Crippen molar-refractivity contribution in [3.63, 3.8) is 0 Å². The summed E-state index contributed by atoms with van der Waals surface area (Å²) < 4.78 is 0. The molecule has 1 unspecified atom stereocenters. The quantitative estimate of drug-likeness (QED) is 0.188. The standard InChI is InChI=1S/C17H15N.C13H14.2C12H12O/c1-12-9-10-18-11-16(12)17-13(2)7-8-14-5-3-4-6-15(14)17;1-10(2)12-9-5-7-11-6-3-4-8-13(11)12;2*1-9(13)11-8-4-6-10-5-2-3-7-12(10)11/h3-11H,1-2H3;3-10H,1-2H3;2*2-9,13H,1H3/t;;9-;/m..1./s1. The molecule has 57 heavy (non-hydrogen) atoms. The van der Waals surface area contributed by atoms with E-state index in [1.807, 2.05) is 73.1 Å². The van der Waals surface area contributed by atoms with Gasteiger partial charge in [-0.05, 0) is 116 Å². The molecule has 9 rings (SSSR count). The SMILES string of the molecule is CC(C)c1cccc2ccccc12.CC(O)c1cccc2ccccc12.C[C@@H](O)c1cccc2ccccc12.Cc1ccncc1-c1c(C)ccc2ccccc12. The van der Waals surface area contributed by atoms with Crippen LogP contribution in [0.5, 0.6) is 0 Å². The fraction of sp³-hybridized carbons (Fsp3) is 0.167. The molecule has 0 amide bonds. The van der Waals surface area contributed by atoms with Crippen LogP contribution in [0.1, 0.15) is 73.6 Å². The average molecular weight is 748 g/mol. The predicted molar refractivity (Wildman–Crippen MR) is 244 cm³/mol. The number of benzene rings is 8. The summed E-state index contributed by atoms with van der Waals surface area (Å²) in [4.78, 5) is 4.27. The minimum absolute atomic E-state index is 0.397. The lowest BCUT2D eigenvalue weighted by Crippen LogP contribution is -1.91. The van der Waals surface area contributed by atoms with Crippen molar-refractivity contribution in [3.05, 3.63) is 210 Å². The van der Waals surface area contributed by atoms with E-state index in [1.54, 1.807) is 13.8 Å². The van der Waals surface area contributed by atoms with Crippen molar-refractivity contribution in [2.75, 3.05) is 0 Å². The summed E-state index contributed by atoms with van der Waals surface area (Å²) in [5.74, 6) is 0.603. The molecule has 8 aromatic carbocycles. The first kappa shape index (κ1) is 40.5. The summed E-state index contributed by atoms with van der Waals surface area (Å²) in [7, 11) is 0. The predicted octanol–water partition coefficient (Wildman–Crippen LogP) is 14.3. The van der Waals surface area contributed by atoms with Gasteiger partial charge in [-0.25, -0.2) is 0 Å². The van der Waals surface area contributed by atoms with E-state index in [2.05, 4.69) is 142 Å². The Bertz CT molecular complexity index is 2500. The molecule has 0 saturated heterocycles. The Morgan fingerprint density at radius 1 is 0.386 bits per heavy atom. The molecule has 0 spiro atoms. The van der Waals surface area contributed by atoms with Gasteiger partial charge >= 0.3 is 0 Å². The number of hydrogen-bond acceptors (Lipinski definition) is 3. The first-order valence-electron chi connectivity index (χ1n) is 19.8. The second-order valence-electron chi connectivity index (χ2n) is 14.9. The van der Waals surface area contributed by atoms with Crippen LogP contribution in [-0.2, 0) is 0 Å². The van der Waals surface area contributed by atoms with Crippen LogP contribution < -0.4 is 0 Å². The van der Waals surface area contributed by atoms with Crippen molar-refractivity contribution in [2.24, 2.45) is 0 Å². The van der Waals surface area contributed by atoms with Crippen LogP contribution >= 0.6 is 0 Å². The van der Waals surface area contributed by atoms with Crippen LogP contribution in [-0.4, -0.2) is 15.2 Å². The van der Waals surface area contributed by atoms with Gasteiger partial charge in [-0.15, -0.1) is 0 Å². The van der Waals surface area contributed by atoms with Gasteiger partial charge in [0.05, 0.1) is 12.2 Å². The lowest BCUT2D eigenvalue weighted by Gasteiger charge is -2.12. The zero-order valence-corrected chi connectivity index (χ0v) is 33.9. The molecule has 1 aromatic heterocycles. The van der Waals surface area contributed by atoms with Crippen LogP contribution in [0.4, 0.5) is 0 Å². The highest BCUT2D eigenvalue weighted by atomic mass is 16.3. The minimum Gasteiger partial charge on any atom is -0.389 e. The smallest absolute Gasteiger partial charge is 0.0767 e. The van der Waals surface area contributed by atoms with Crippen molar-refractivity contribution in [1.29, 1.82) is 0 Å². The van der Waals surface area contributed by atoms with Crippen molar-refractivity contribution in [2.45, 2.75) is 59.7 Å². The van der Waals surface area contributed by atoms with Crippen molar-refractivity contribution in [1.82, 2.24) is 4.98 Å². The lowest BCUT2D eigenvalue weighted by atomic mass is 9.93. The molecule has 0 bridgehead atoms. The van der Waals surface area contributed by atoms with Gasteiger partial charge in [-0.3, -0.25) is 4.98 Å². The van der Waals surface area contributed by atoms with Gasteiger partial charge in [0.2, 0.25) is 0 Å². The second-order valence-corrected chi connectivity index (χ2v) is 14.9. The van der Waals surface area contributed by atoms with E-state index < -0.39 is 12.2 Å². The lowest BCUT2D eigenvalue weighted by molar-refractivity contribution is 0.200. The molecule has 0 fully saturated rings. The molecule has 0 saturated carbocycles. The molecular formula is C54H53NO2. The maximum absolute atomic E-state index is 9.52. The number of pyridine rings is 1. The Balaban J connectivity index is 0.000000130. The van der Waals surface area contributed by atoms with Gasteiger partial charge in [0, 0.05) is 18.0 Å². The molecule has 0 aliphatic heterocycles. The van der Waals surface area contributed by atoms with Gasteiger partial charge in [-0.1, -0.05) is 178 Å². The number of rotatable bonds is 4. The van der Waals surface area contributed by atoms with Gasteiger partial charge in [0.1, 0.15) is 0 Å². The summed E-state index contributed by atoms with van der Waals surface area (Å²) in [5.41, 5.74) is 8.54. The fourth-order valence-corrected chi connectivity index (χ4v) is 7.45. The molecule has 1 heterocycles. The van der Waals surface area contributed by atoms with Gasteiger partial charge in [0.25, 0.3) is 0 Å². The highest BCUT2D eigenvalue weighted by Crippen LogP contribution is 2.33. The third kappa shape index (κ3) is 9.82. The second kappa shape index (κ2) is 19.1. The number of hydrogen-bond donors (Lipinski definition) is 2. The molecule has 2 atom stereocenters. The summed E-state index contributed by atoms with van der Waals surface area (Å²) >= 11 is 0. The number of aliphatic hydroxyl groups is 2. The van der Waals surface area contributed by atoms with E-state index in [0.29, 0.717) is 5.92 Å². The van der Waals surface area contributed by atoms with Crippen LogP contribution in [0.3, 0.4) is 0 Å². The Hall–Kier alpha value is -6.13. The molecule has 0 aliphatic carbocycles. The average Bonchev–Trinajstić information content (AvgIpc) is 3.24. The molecular weight excluding hydrogens is 695 g/mol. The zero-order chi connectivity index (χ0) is 40.3. The molecule has 0 aliphatic rings. The van der Waals surface area contributed by atoms with Crippen LogP contribution in [0.15, 0.2) is 182 Å². The number of nitrogens with zero attached hydrogens (tertiary/aromatic N) is 1. The van der Waals surface area contributed by atoms with Gasteiger partial charge in [0.15, 0.2) is 0 Å². The Labute approximate surface area is 337 Å². The molecule has 3 nitrogen and oxygen atoms in total. The van der Waals surface area contributed by atoms with E-state index >= 15 is 0 Å². The molecule has 2 N–H and O–H groups in total. The van der Waals surface area contributed by atoms with Crippen LogP contribution in [0.25, 0.3) is 54.2 Å². The van der Waals surface area contributed by atoms with Crippen LogP contribution in [0.2, 0.25) is 0 Å². The topological polar surface area (TPSA) is 53.4 Å². The van der Waals surface area contributed by atoms with Crippen molar-refractivity contribution >= 4 is 43.1 Å². The minimum atomic E-state index is -0.397. The molecule has 3 heteroatoms. The van der Waals surface area contributed by atoms with Crippen LogP contribution in [0, 0.1) is 13.8 Å². The first-order chi connectivity index (χ1) is 27.6. The maximum Gasteiger partial charge on any atom is 0.0767 e. The summed E-state index contributed by atoms with van der Waals surface area (Å²) in [6.07, 6.45) is 3.01. The summed E-state index contributed by atoms with van der Waals surface area (Å²) in [5, 5.41) is 29.0. The monoisotopic (exact) mass is 747 g/mol. The number of aliphatic hydroxyl groups excluding tert-OH is 2. The van der Waals surface area contributed by atoms with Gasteiger partial charge < -0.3 is 10.2 Å². The third-order valence-corrected chi connectivity index (χ3v) is 10.4. The number of fused-ring (bicyclic) bond motifs is 4. The fourth-order valence-electron chi connectivity index (χ4n) is 7.45. The van der Waals surface area contributed by atoms with E-state index in [1.165, 1.54) is 60.1 Å². The summed E-state index contributed by atoms with van der Waals surface area (Å²) in [6, 6.07) is 58.2. The molecule has 9 aromatic rings. The largest absolute Gasteiger partial charge is 0.389 e. The van der Waals surface area contributed by atoms with Crippen molar-refractivity contribution in [3.8, 4) is 11.1 Å². The van der Waals surface area contributed by atoms with E-state index in [-0.39, 0.29) is 0 Å².